The molecule has 6 aliphatic carbocycles. The first kappa shape index (κ1) is 37.2. The zero-order chi connectivity index (χ0) is 38.3. The van der Waals surface area contributed by atoms with E-state index in [0.29, 0.717) is 48.3 Å². The quantitative estimate of drug-likeness (QED) is 0.162. The van der Waals surface area contributed by atoms with Crippen LogP contribution < -0.4 is 9.47 Å². The molecular formula is C45H53NO7S. The zero-order valence-corrected chi connectivity index (χ0v) is 32.9. The highest BCUT2D eigenvalue weighted by Crippen LogP contribution is 2.78. The van der Waals surface area contributed by atoms with Crippen LogP contribution in [0.15, 0.2) is 96.6 Å². The molecule has 0 radical (unpaired) electrons. The summed E-state index contributed by atoms with van der Waals surface area (Å²) in [4.78, 5) is 15.4. The van der Waals surface area contributed by atoms with Gasteiger partial charge in [0.25, 0.3) is 0 Å². The number of sulfonamides is 1. The van der Waals surface area contributed by atoms with E-state index in [1.165, 1.54) is 10.6 Å². The molecule has 0 aliphatic heterocycles. The molecule has 3 saturated carbocycles. The van der Waals surface area contributed by atoms with Crippen LogP contribution in [0.25, 0.3) is 11.1 Å². The number of aliphatic hydroxyl groups excluding tert-OH is 1. The van der Waals surface area contributed by atoms with Crippen molar-refractivity contribution in [2.45, 2.75) is 77.0 Å². The molecule has 2 N–H and O–H groups in total. The molecule has 3 fully saturated rings. The molecule has 0 saturated heterocycles. The molecule has 8 atom stereocenters. The maximum absolute atomic E-state index is 15.4. The van der Waals surface area contributed by atoms with Crippen LogP contribution >= 0.6 is 0 Å². The third-order valence-corrected chi connectivity index (χ3v) is 16.2. The predicted octanol–water partition coefficient (Wildman–Crippen LogP) is 7.61. The Morgan fingerprint density at radius 2 is 1.56 bits per heavy atom. The van der Waals surface area contributed by atoms with Crippen molar-refractivity contribution in [1.82, 2.24) is 4.31 Å². The fourth-order valence-corrected chi connectivity index (χ4v) is 12.9. The zero-order valence-electron chi connectivity index (χ0n) is 32.0. The van der Waals surface area contributed by atoms with Gasteiger partial charge < -0.3 is 19.7 Å². The normalized spacial score (nSPS) is 35.2. The van der Waals surface area contributed by atoms with Crippen LogP contribution in [0, 0.1) is 33.5 Å². The van der Waals surface area contributed by atoms with Crippen LogP contribution in [0.5, 0.6) is 11.5 Å². The number of allylic oxidation sites excluding steroid dienone is 4. The first-order valence-electron chi connectivity index (χ1n) is 19.3. The fourth-order valence-electron chi connectivity index (χ4n) is 12.0. The Bertz CT molecular complexity index is 2150. The minimum absolute atomic E-state index is 0.00524. The molecule has 2 bridgehead atoms. The van der Waals surface area contributed by atoms with Gasteiger partial charge in [-0.3, -0.25) is 4.79 Å². The van der Waals surface area contributed by atoms with Crippen molar-refractivity contribution < 1.29 is 32.9 Å². The average Bonchev–Trinajstić information content (AvgIpc) is 3.44. The molecule has 8 unspecified atom stereocenters. The summed E-state index contributed by atoms with van der Waals surface area (Å²) in [5.41, 5.74) is 0.559. The van der Waals surface area contributed by atoms with Gasteiger partial charge in [0.05, 0.1) is 32.2 Å². The van der Waals surface area contributed by atoms with E-state index in [0.717, 1.165) is 36.0 Å². The number of fused-ring (bicyclic) bond motifs is 1. The van der Waals surface area contributed by atoms with E-state index in [-0.39, 0.29) is 36.1 Å². The molecule has 0 heterocycles. The van der Waals surface area contributed by atoms with Crippen molar-refractivity contribution >= 4 is 15.8 Å². The molecule has 9 heteroatoms. The minimum atomic E-state index is -3.77. The molecule has 0 aromatic heterocycles. The van der Waals surface area contributed by atoms with Gasteiger partial charge in [0.15, 0.2) is 5.78 Å². The highest BCUT2D eigenvalue weighted by Gasteiger charge is 2.74. The van der Waals surface area contributed by atoms with Gasteiger partial charge in [0, 0.05) is 52.1 Å². The number of aliphatic hydroxyl groups is 2. The summed E-state index contributed by atoms with van der Waals surface area (Å²) in [6, 6.07) is 23.2. The Morgan fingerprint density at radius 1 is 0.870 bits per heavy atom. The largest absolute Gasteiger partial charge is 0.497 e. The molecule has 2 spiro atoms. The second-order valence-electron chi connectivity index (χ2n) is 17.3. The number of methoxy groups -OCH3 is 2. The molecule has 9 rings (SSSR count). The molecule has 54 heavy (non-hydrogen) atoms. The molecule has 3 aromatic carbocycles. The van der Waals surface area contributed by atoms with Crippen molar-refractivity contribution in [2.24, 2.45) is 33.5 Å². The lowest BCUT2D eigenvalue weighted by molar-refractivity contribution is -0.173. The summed E-state index contributed by atoms with van der Waals surface area (Å²) in [5.74, 6) is 1.10. The maximum atomic E-state index is 15.4. The van der Waals surface area contributed by atoms with E-state index in [1.807, 2.05) is 60.7 Å². The molecule has 3 aromatic rings. The summed E-state index contributed by atoms with van der Waals surface area (Å²) in [5, 5.41) is 24.2. The average molecular weight is 752 g/mol. The number of nitrogens with zero attached hydrogens (tertiary/aromatic N) is 1. The molecule has 8 nitrogen and oxygen atoms in total. The van der Waals surface area contributed by atoms with Crippen molar-refractivity contribution in [2.75, 3.05) is 27.0 Å². The highest BCUT2D eigenvalue weighted by molar-refractivity contribution is 7.88. The molecular weight excluding hydrogens is 699 g/mol. The van der Waals surface area contributed by atoms with Gasteiger partial charge in [-0.15, -0.1) is 0 Å². The topological polar surface area (TPSA) is 113 Å². The number of Topliss-reactive ketones (excluding diaryl/α,β-unsaturated/α-hetero) is 1. The number of ketones is 1. The Balaban J connectivity index is 1.23. The summed E-state index contributed by atoms with van der Waals surface area (Å²) < 4.78 is 39.5. The number of carbonyl (C=O) groups is 1. The third-order valence-electron chi connectivity index (χ3n) is 15.0. The number of hydrogen-bond acceptors (Lipinski definition) is 7. The number of hydrogen-bond donors (Lipinski definition) is 2. The van der Waals surface area contributed by atoms with Gasteiger partial charge in [-0.2, -0.15) is 4.31 Å². The van der Waals surface area contributed by atoms with Crippen molar-refractivity contribution in [1.29, 1.82) is 0 Å². The van der Waals surface area contributed by atoms with E-state index < -0.39 is 38.0 Å². The summed E-state index contributed by atoms with van der Waals surface area (Å²) in [6.07, 6.45) is 12.3. The SMILES string of the molecule is COc1ccc(CN(CC2(O)CCC3C45C=CC6(C=C4C(=O)c4ccccc4-c4ccccc4)CC(O)CCC6(C)C5CCC32C)S(C)(=O)=O)c(OC)c1. The Kier molecular flexibility index (Phi) is 8.88. The minimum Gasteiger partial charge on any atom is -0.497 e. The fraction of sp³-hybridized carbons (Fsp3) is 0.489. The first-order chi connectivity index (χ1) is 25.6. The maximum Gasteiger partial charge on any atom is 0.211 e. The number of rotatable bonds is 10. The van der Waals surface area contributed by atoms with E-state index in [1.54, 1.807) is 26.4 Å². The smallest absolute Gasteiger partial charge is 0.211 e. The van der Waals surface area contributed by atoms with E-state index in [4.69, 9.17) is 9.47 Å². The first-order valence-corrected chi connectivity index (χ1v) is 21.2. The van der Waals surface area contributed by atoms with Crippen LogP contribution in [0.4, 0.5) is 0 Å². The summed E-state index contributed by atoms with van der Waals surface area (Å²) >= 11 is 0. The van der Waals surface area contributed by atoms with E-state index >= 15 is 4.79 Å². The molecule has 286 valence electrons. The van der Waals surface area contributed by atoms with Gasteiger partial charge in [-0.05, 0) is 79.4 Å². The third kappa shape index (κ3) is 5.32. The van der Waals surface area contributed by atoms with Gasteiger partial charge >= 0.3 is 0 Å². The number of carbonyl (C=O) groups excluding carboxylic acids is 1. The van der Waals surface area contributed by atoms with Crippen LogP contribution in [0.3, 0.4) is 0 Å². The van der Waals surface area contributed by atoms with Crippen LogP contribution in [-0.4, -0.2) is 67.4 Å². The van der Waals surface area contributed by atoms with Crippen LogP contribution in [0.2, 0.25) is 0 Å². The lowest BCUT2D eigenvalue weighted by Gasteiger charge is -2.71. The second kappa shape index (κ2) is 12.9. The number of benzene rings is 3. The summed E-state index contributed by atoms with van der Waals surface area (Å²) in [7, 11) is -0.653. The Labute approximate surface area is 319 Å². The van der Waals surface area contributed by atoms with E-state index in [9.17, 15) is 18.6 Å². The van der Waals surface area contributed by atoms with Crippen LogP contribution in [0.1, 0.15) is 74.7 Å². The molecule has 6 aliphatic rings. The lowest BCUT2D eigenvalue weighted by Crippen LogP contribution is -2.67. The monoisotopic (exact) mass is 751 g/mol. The van der Waals surface area contributed by atoms with Gasteiger partial charge in [0.1, 0.15) is 11.5 Å². The van der Waals surface area contributed by atoms with Gasteiger partial charge in [0.2, 0.25) is 10.0 Å². The van der Waals surface area contributed by atoms with Gasteiger partial charge in [-0.25, -0.2) is 8.42 Å². The van der Waals surface area contributed by atoms with Crippen molar-refractivity contribution in [3.8, 4) is 22.6 Å². The van der Waals surface area contributed by atoms with Crippen molar-refractivity contribution in [3.05, 3.63) is 108 Å². The van der Waals surface area contributed by atoms with Gasteiger partial charge in [-0.1, -0.05) is 92.7 Å². The highest BCUT2D eigenvalue weighted by atomic mass is 32.2. The summed E-state index contributed by atoms with van der Waals surface area (Å²) in [6.45, 7) is 4.47. The Morgan fingerprint density at radius 3 is 2.28 bits per heavy atom. The second-order valence-corrected chi connectivity index (χ2v) is 19.2. The Hall–Kier alpha value is -3.76. The van der Waals surface area contributed by atoms with E-state index in [2.05, 4.69) is 32.1 Å². The predicted molar refractivity (Wildman–Crippen MR) is 210 cm³/mol. The lowest BCUT2D eigenvalue weighted by atomic mass is 9.32. The van der Waals surface area contributed by atoms with Crippen LogP contribution in [-0.2, 0) is 16.6 Å². The van der Waals surface area contributed by atoms with Crippen molar-refractivity contribution in [3.63, 3.8) is 0 Å². The number of ether oxygens (including phenoxy) is 2. The standard InChI is InChI=1S/C45H53NO7S/c1-41-20-17-32(47)26-43(41)23-24-45(36(27-43)40(48)35-14-10-9-13-34(35)30-11-7-6-8-12-30)38(41)18-21-42(2)39(45)19-22-44(42,49)29-46(54(5,50)51)28-31-15-16-33(52-3)25-37(31)53-4/h6-16,23-25,27,32,38-39,47,49H,17-22,26,28-29H2,1-5H3. The molecule has 0 amide bonds.